The number of benzene rings is 1. The molecule has 7 nitrogen and oxygen atoms in total. The van der Waals surface area contributed by atoms with Crippen molar-refractivity contribution < 1.29 is 14.4 Å². The fourth-order valence-electron chi connectivity index (χ4n) is 1.65. The number of nitro benzene ring substituents is 1. The highest BCUT2D eigenvalue weighted by molar-refractivity contribution is 7.80. The van der Waals surface area contributed by atoms with Gasteiger partial charge in [-0.1, -0.05) is 0 Å². The van der Waals surface area contributed by atoms with Gasteiger partial charge in [0.15, 0.2) is 5.11 Å². The Morgan fingerprint density at radius 2 is 2.00 bits per heavy atom. The number of nitro groups is 1. The van der Waals surface area contributed by atoms with Crippen LogP contribution in [0.25, 0.3) is 0 Å². The highest BCUT2D eigenvalue weighted by Crippen LogP contribution is 2.42. The van der Waals surface area contributed by atoms with E-state index in [0.717, 1.165) is 0 Å². The topological polar surface area (TPSA) is 99.7 Å². The summed E-state index contributed by atoms with van der Waals surface area (Å²) in [5.74, 6) is 0.538. The Bertz CT molecular complexity index is 504. The average Bonchev–Trinajstić information content (AvgIpc) is 2.27. The number of ether oxygens (including phenoxy) is 2. The summed E-state index contributed by atoms with van der Waals surface area (Å²) in [7, 11) is 2.80. The lowest BCUT2D eigenvalue weighted by Gasteiger charge is -2.15. The number of rotatable bonds is 4. The molecule has 18 heavy (non-hydrogen) atoms. The van der Waals surface area contributed by atoms with Crippen molar-refractivity contribution in [1.82, 2.24) is 0 Å². The van der Waals surface area contributed by atoms with E-state index in [0.29, 0.717) is 17.0 Å². The zero-order valence-corrected chi connectivity index (χ0v) is 11.0. The van der Waals surface area contributed by atoms with Gasteiger partial charge in [-0.05, 0) is 19.1 Å². The van der Waals surface area contributed by atoms with Crippen LogP contribution in [0.5, 0.6) is 11.5 Å². The smallest absolute Gasteiger partial charge is 0.313 e. The van der Waals surface area contributed by atoms with Crippen molar-refractivity contribution in [3.8, 4) is 11.5 Å². The summed E-state index contributed by atoms with van der Waals surface area (Å²) in [5.41, 5.74) is 6.00. The molecule has 0 fully saturated rings. The Labute approximate surface area is 109 Å². The van der Waals surface area contributed by atoms with Crippen LogP contribution in [0.4, 0.5) is 11.4 Å². The lowest BCUT2D eigenvalue weighted by atomic mass is 10.1. The quantitative estimate of drug-likeness (QED) is 0.487. The Kier molecular flexibility index (Phi) is 4.27. The molecule has 0 saturated carbocycles. The molecule has 0 aliphatic carbocycles. The van der Waals surface area contributed by atoms with Crippen LogP contribution in [-0.4, -0.2) is 24.3 Å². The van der Waals surface area contributed by atoms with Gasteiger partial charge >= 0.3 is 5.69 Å². The molecule has 0 aromatic heterocycles. The van der Waals surface area contributed by atoms with Crippen LogP contribution < -0.4 is 20.5 Å². The number of nitrogens with zero attached hydrogens (tertiary/aromatic N) is 1. The molecule has 0 bridgehead atoms. The van der Waals surface area contributed by atoms with Gasteiger partial charge in [0.25, 0.3) is 0 Å². The van der Waals surface area contributed by atoms with Crippen molar-refractivity contribution in [2.24, 2.45) is 5.73 Å². The van der Waals surface area contributed by atoms with Crippen LogP contribution >= 0.6 is 12.2 Å². The number of thiocarbonyl (C=S) groups is 1. The van der Waals surface area contributed by atoms with Crippen LogP contribution in [-0.2, 0) is 0 Å². The van der Waals surface area contributed by atoms with Crippen molar-refractivity contribution in [2.45, 2.75) is 6.92 Å². The highest BCUT2D eigenvalue weighted by Gasteiger charge is 2.24. The summed E-state index contributed by atoms with van der Waals surface area (Å²) in [6, 6.07) is 1.27. The third kappa shape index (κ3) is 2.59. The van der Waals surface area contributed by atoms with Crippen molar-refractivity contribution in [1.29, 1.82) is 0 Å². The Morgan fingerprint density at radius 1 is 1.44 bits per heavy atom. The normalized spacial score (nSPS) is 9.72. The number of anilines is 1. The SMILES string of the molecule is COc1c(NC(N)=S)cc([N+](=O)[O-])c(OC)c1C. The van der Waals surface area contributed by atoms with Gasteiger partial charge in [-0.3, -0.25) is 10.1 Å². The van der Waals surface area contributed by atoms with E-state index in [1.54, 1.807) is 6.92 Å². The van der Waals surface area contributed by atoms with Gasteiger partial charge in [0.05, 0.1) is 24.8 Å². The molecule has 0 aliphatic heterocycles. The van der Waals surface area contributed by atoms with E-state index < -0.39 is 4.92 Å². The van der Waals surface area contributed by atoms with Gasteiger partial charge < -0.3 is 20.5 Å². The second-order valence-corrected chi connectivity index (χ2v) is 3.82. The van der Waals surface area contributed by atoms with Crippen molar-refractivity contribution >= 4 is 28.7 Å². The van der Waals surface area contributed by atoms with Crippen molar-refractivity contribution in [2.75, 3.05) is 19.5 Å². The van der Waals surface area contributed by atoms with E-state index in [-0.39, 0.29) is 16.5 Å². The van der Waals surface area contributed by atoms with Gasteiger partial charge in [0, 0.05) is 11.6 Å². The van der Waals surface area contributed by atoms with E-state index in [4.69, 9.17) is 27.4 Å². The predicted octanol–water partition coefficient (Wildman–Crippen LogP) is 1.58. The van der Waals surface area contributed by atoms with E-state index >= 15 is 0 Å². The van der Waals surface area contributed by atoms with E-state index in [2.05, 4.69) is 5.32 Å². The third-order valence-corrected chi connectivity index (χ3v) is 2.40. The van der Waals surface area contributed by atoms with Crippen LogP contribution in [0.15, 0.2) is 6.07 Å². The van der Waals surface area contributed by atoms with Crippen molar-refractivity contribution in [3.63, 3.8) is 0 Å². The molecule has 8 heteroatoms. The van der Waals surface area contributed by atoms with E-state index in [1.807, 2.05) is 0 Å². The summed E-state index contributed by atoms with van der Waals surface area (Å²) in [6.07, 6.45) is 0. The maximum Gasteiger partial charge on any atom is 0.313 e. The molecule has 0 spiro atoms. The first kappa shape index (κ1) is 14.0. The van der Waals surface area contributed by atoms with Gasteiger partial charge in [-0.15, -0.1) is 0 Å². The first-order chi connectivity index (χ1) is 8.42. The summed E-state index contributed by atoms with van der Waals surface area (Å²) in [4.78, 5) is 10.4. The second kappa shape index (κ2) is 5.50. The second-order valence-electron chi connectivity index (χ2n) is 3.38. The maximum absolute atomic E-state index is 11.0. The van der Waals surface area contributed by atoms with Crippen LogP contribution in [0, 0.1) is 17.0 Å². The molecule has 3 N–H and O–H groups in total. The van der Waals surface area contributed by atoms with Crippen molar-refractivity contribution in [3.05, 3.63) is 21.7 Å². The average molecular weight is 271 g/mol. The van der Waals surface area contributed by atoms with Gasteiger partial charge in [0.2, 0.25) is 5.75 Å². The molecule has 0 aliphatic rings. The van der Waals surface area contributed by atoms with Crippen LogP contribution in [0.2, 0.25) is 0 Å². The molecule has 0 unspecified atom stereocenters. The van der Waals surface area contributed by atoms with E-state index in [1.165, 1.54) is 20.3 Å². The minimum Gasteiger partial charge on any atom is -0.494 e. The number of methoxy groups -OCH3 is 2. The molecule has 0 radical (unpaired) electrons. The fourth-order valence-corrected chi connectivity index (χ4v) is 1.76. The minimum atomic E-state index is -0.546. The predicted molar refractivity (Wildman–Crippen MR) is 71.3 cm³/mol. The Balaban J connectivity index is 3.52. The standard InChI is InChI=1S/C10H13N3O4S/c1-5-8(16-2)6(12-10(11)18)4-7(13(14)15)9(5)17-3/h4H,1-3H3,(H3,11,12,18). The molecule has 0 amide bonds. The maximum atomic E-state index is 11.0. The lowest BCUT2D eigenvalue weighted by molar-refractivity contribution is -0.385. The van der Waals surface area contributed by atoms with Gasteiger partial charge in [0.1, 0.15) is 5.75 Å². The molecular weight excluding hydrogens is 258 g/mol. The van der Waals surface area contributed by atoms with Crippen LogP contribution in [0.1, 0.15) is 5.56 Å². The summed E-state index contributed by atoms with van der Waals surface area (Å²) < 4.78 is 10.2. The molecular formula is C10H13N3O4S. The largest absolute Gasteiger partial charge is 0.494 e. The van der Waals surface area contributed by atoms with Gasteiger partial charge in [-0.25, -0.2) is 0 Å². The molecule has 0 heterocycles. The number of nitrogens with one attached hydrogen (secondary N) is 1. The Morgan fingerprint density at radius 3 is 2.39 bits per heavy atom. The zero-order chi connectivity index (χ0) is 13.9. The van der Waals surface area contributed by atoms with Gasteiger partial charge in [-0.2, -0.15) is 0 Å². The zero-order valence-electron chi connectivity index (χ0n) is 10.1. The highest BCUT2D eigenvalue weighted by atomic mass is 32.1. The third-order valence-electron chi connectivity index (χ3n) is 2.30. The number of nitrogens with two attached hydrogens (primary N) is 1. The fraction of sp³-hybridized carbons (Fsp3) is 0.300. The number of hydrogen-bond donors (Lipinski definition) is 2. The first-order valence-corrected chi connectivity index (χ1v) is 5.29. The molecule has 0 atom stereocenters. The summed E-state index contributed by atoms with van der Waals surface area (Å²) in [5, 5.41) is 13.6. The molecule has 1 rings (SSSR count). The number of hydrogen-bond acceptors (Lipinski definition) is 5. The molecule has 98 valence electrons. The summed E-state index contributed by atoms with van der Waals surface area (Å²) >= 11 is 4.71. The molecule has 1 aromatic rings. The molecule has 0 saturated heterocycles. The van der Waals surface area contributed by atoms with Crippen LogP contribution in [0.3, 0.4) is 0 Å². The Hall–Kier alpha value is -2.09. The first-order valence-electron chi connectivity index (χ1n) is 4.88. The minimum absolute atomic E-state index is 0.00725. The lowest BCUT2D eigenvalue weighted by Crippen LogP contribution is -2.19. The summed E-state index contributed by atoms with van der Waals surface area (Å²) in [6.45, 7) is 1.65. The van der Waals surface area contributed by atoms with E-state index in [9.17, 15) is 10.1 Å². The monoisotopic (exact) mass is 271 g/mol. The molecule has 1 aromatic carbocycles.